The van der Waals surface area contributed by atoms with Gasteiger partial charge in [-0.2, -0.15) is 0 Å². The number of hydrogen-bond acceptors (Lipinski definition) is 6. The largest absolute Gasteiger partial charge is 0.393 e. The normalized spacial score (nSPS) is 10.4. The van der Waals surface area contributed by atoms with Crippen molar-refractivity contribution in [1.29, 1.82) is 0 Å². The molecular formula is C11H14N6. The monoisotopic (exact) mass is 230 g/mol. The number of rotatable bonds is 2. The van der Waals surface area contributed by atoms with Gasteiger partial charge in [0.15, 0.2) is 17.5 Å². The SMILES string of the molecule is CCc1cc(-c2nc(N)c(N)c(N)n2)ccn1. The average Bonchev–Trinajstić information content (AvgIpc) is 2.35. The first-order valence-electron chi connectivity index (χ1n) is 5.25. The highest BCUT2D eigenvalue weighted by atomic mass is 15.0. The molecule has 6 nitrogen and oxygen atoms in total. The Labute approximate surface area is 98.9 Å². The number of nitrogens with two attached hydrogens (primary N) is 3. The third kappa shape index (κ3) is 2.10. The summed E-state index contributed by atoms with van der Waals surface area (Å²) in [5.41, 5.74) is 18.9. The van der Waals surface area contributed by atoms with E-state index in [1.165, 1.54) is 0 Å². The summed E-state index contributed by atoms with van der Waals surface area (Å²) in [4.78, 5) is 12.4. The van der Waals surface area contributed by atoms with Gasteiger partial charge in [-0.3, -0.25) is 4.98 Å². The third-order valence-electron chi connectivity index (χ3n) is 2.44. The van der Waals surface area contributed by atoms with E-state index in [1.54, 1.807) is 6.20 Å². The predicted molar refractivity (Wildman–Crippen MR) is 67.9 cm³/mol. The number of nitrogens with zero attached hydrogens (tertiary/aromatic N) is 3. The molecule has 0 radical (unpaired) electrons. The standard InChI is InChI=1S/C11H14N6/c1-2-7-5-6(3-4-15-7)11-16-9(13)8(12)10(14)17-11/h3-5H,2,12H2,1H3,(H4,13,14,16,17). The fourth-order valence-corrected chi connectivity index (χ4v) is 1.44. The minimum absolute atomic E-state index is 0.197. The molecule has 2 aromatic rings. The van der Waals surface area contributed by atoms with Crippen molar-refractivity contribution in [1.82, 2.24) is 15.0 Å². The zero-order chi connectivity index (χ0) is 12.4. The highest BCUT2D eigenvalue weighted by Crippen LogP contribution is 2.23. The second-order valence-corrected chi connectivity index (χ2v) is 3.62. The van der Waals surface area contributed by atoms with E-state index in [9.17, 15) is 0 Å². The van der Waals surface area contributed by atoms with Gasteiger partial charge >= 0.3 is 0 Å². The summed E-state index contributed by atoms with van der Waals surface area (Å²) in [7, 11) is 0. The van der Waals surface area contributed by atoms with Crippen molar-refractivity contribution in [3.8, 4) is 11.4 Å². The molecule has 0 aliphatic heterocycles. The first kappa shape index (κ1) is 11.1. The molecular weight excluding hydrogens is 216 g/mol. The van der Waals surface area contributed by atoms with E-state index in [4.69, 9.17) is 17.2 Å². The Bertz CT molecular complexity index is 528. The van der Waals surface area contributed by atoms with Gasteiger partial charge in [0.1, 0.15) is 5.69 Å². The van der Waals surface area contributed by atoms with Gasteiger partial charge in [-0.1, -0.05) is 6.92 Å². The van der Waals surface area contributed by atoms with E-state index in [1.807, 2.05) is 19.1 Å². The molecule has 0 saturated heterocycles. The quantitative estimate of drug-likeness (QED) is 0.704. The Morgan fingerprint density at radius 2 is 1.76 bits per heavy atom. The molecule has 0 atom stereocenters. The number of anilines is 3. The van der Waals surface area contributed by atoms with Crippen LogP contribution in [0, 0.1) is 0 Å². The topological polar surface area (TPSA) is 117 Å². The molecule has 2 heterocycles. The Morgan fingerprint density at radius 3 is 2.35 bits per heavy atom. The second kappa shape index (κ2) is 4.25. The molecule has 0 aliphatic rings. The first-order valence-corrected chi connectivity index (χ1v) is 5.25. The second-order valence-electron chi connectivity index (χ2n) is 3.62. The Hall–Kier alpha value is -2.37. The molecule has 17 heavy (non-hydrogen) atoms. The van der Waals surface area contributed by atoms with E-state index >= 15 is 0 Å². The number of nitrogen functional groups attached to an aromatic ring is 3. The van der Waals surface area contributed by atoms with Crippen LogP contribution in [0.3, 0.4) is 0 Å². The lowest BCUT2D eigenvalue weighted by molar-refractivity contribution is 1.03. The molecule has 88 valence electrons. The molecule has 0 amide bonds. The van der Waals surface area contributed by atoms with Crippen LogP contribution in [-0.2, 0) is 6.42 Å². The lowest BCUT2D eigenvalue weighted by Crippen LogP contribution is -2.06. The smallest absolute Gasteiger partial charge is 0.164 e. The van der Waals surface area contributed by atoms with Crippen LogP contribution in [0.5, 0.6) is 0 Å². The Morgan fingerprint density at radius 1 is 1.12 bits per heavy atom. The van der Waals surface area contributed by atoms with Crippen molar-refractivity contribution < 1.29 is 0 Å². The minimum Gasteiger partial charge on any atom is -0.393 e. The van der Waals surface area contributed by atoms with Crippen molar-refractivity contribution in [3.05, 3.63) is 24.0 Å². The van der Waals surface area contributed by atoms with Crippen LogP contribution < -0.4 is 17.2 Å². The molecule has 0 aliphatic carbocycles. The molecule has 0 saturated carbocycles. The van der Waals surface area contributed by atoms with Gasteiger partial charge in [-0.15, -0.1) is 0 Å². The number of hydrogen-bond donors (Lipinski definition) is 3. The Kier molecular flexibility index (Phi) is 2.78. The minimum atomic E-state index is 0.197. The maximum atomic E-state index is 5.66. The van der Waals surface area contributed by atoms with Crippen molar-refractivity contribution in [2.75, 3.05) is 17.2 Å². The average molecular weight is 230 g/mol. The summed E-state index contributed by atoms with van der Waals surface area (Å²) in [5.74, 6) is 0.857. The lowest BCUT2D eigenvalue weighted by Gasteiger charge is -2.07. The van der Waals surface area contributed by atoms with E-state index in [-0.39, 0.29) is 17.3 Å². The highest BCUT2D eigenvalue weighted by Gasteiger charge is 2.09. The fraction of sp³-hybridized carbons (Fsp3) is 0.182. The van der Waals surface area contributed by atoms with Gasteiger partial charge in [0, 0.05) is 17.5 Å². The maximum absolute atomic E-state index is 5.66. The van der Waals surface area contributed by atoms with Crippen LogP contribution in [0.2, 0.25) is 0 Å². The summed E-state index contributed by atoms with van der Waals surface area (Å²) in [5, 5.41) is 0. The van der Waals surface area contributed by atoms with Gasteiger partial charge in [0.25, 0.3) is 0 Å². The molecule has 0 unspecified atom stereocenters. The lowest BCUT2D eigenvalue weighted by atomic mass is 10.2. The first-order chi connectivity index (χ1) is 8.11. The number of pyridine rings is 1. The zero-order valence-electron chi connectivity index (χ0n) is 9.51. The van der Waals surface area contributed by atoms with E-state index in [0.717, 1.165) is 17.7 Å². The van der Waals surface area contributed by atoms with Crippen molar-refractivity contribution in [2.24, 2.45) is 0 Å². The van der Waals surface area contributed by atoms with E-state index in [0.29, 0.717) is 5.82 Å². The fourth-order valence-electron chi connectivity index (χ4n) is 1.44. The van der Waals surface area contributed by atoms with E-state index in [2.05, 4.69) is 15.0 Å². The summed E-state index contributed by atoms with van der Waals surface area (Å²) in [6.45, 7) is 2.03. The van der Waals surface area contributed by atoms with Crippen LogP contribution in [0.25, 0.3) is 11.4 Å². The van der Waals surface area contributed by atoms with Crippen molar-refractivity contribution in [2.45, 2.75) is 13.3 Å². The zero-order valence-corrected chi connectivity index (χ0v) is 9.51. The molecule has 0 bridgehead atoms. The molecule has 0 aromatic carbocycles. The van der Waals surface area contributed by atoms with Crippen molar-refractivity contribution in [3.63, 3.8) is 0 Å². The summed E-state index contributed by atoms with van der Waals surface area (Å²) >= 11 is 0. The summed E-state index contributed by atoms with van der Waals surface area (Å²) in [6.07, 6.45) is 2.55. The predicted octanol–water partition coefficient (Wildman–Crippen LogP) is 0.848. The van der Waals surface area contributed by atoms with Gasteiger partial charge in [0.05, 0.1) is 0 Å². The third-order valence-corrected chi connectivity index (χ3v) is 2.44. The van der Waals surface area contributed by atoms with E-state index < -0.39 is 0 Å². The van der Waals surface area contributed by atoms with Gasteiger partial charge < -0.3 is 17.2 Å². The number of aryl methyl sites for hydroxylation is 1. The van der Waals surface area contributed by atoms with Crippen LogP contribution in [0.15, 0.2) is 18.3 Å². The molecule has 0 fully saturated rings. The highest BCUT2D eigenvalue weighted by molar-refractivity contribution is 5.74. The van der Waals surface area contributed by atoms with Crippen LogP contribution in [-0.4, -0.2) is 15.0 Å². The molecule has 2 aromatic heterocycles. The summed E-state index contributed by atoms with van der Waals surface area (Å²) in [6, 6.07) is 3.72. The van der Waals surface area contributed by atoms with Gasteiger partial charge in [-0.25, -0.2) is 9.97 Å². The number of aromatic nitrogens is 3. The van der Waals surface area contributed by atoms with Gasteiger partial charge in [0.2, 0.25) is 0 Å². The van der Waals surface area contributed by atoms with Crippen LogP contribution >= 0.6 is 0 Å². The van der Waals surface area contributed by atoms with Gasteiger partial charge in [-0.05, 0) is 18.6 Å². The molecule has 6 N–H and O–H groups in total. The molecule has 0 spiro atoms. The Balaban J connectivity index is 2.52. The van der Waals surface area contributed by atoms with Crippen LogP contribution in [0.1, 0.15) is 12.6 Å². The summed E-state index contributed by atoms with van der Waals surface area (Å²) < 4.78 is 0. The molecule has 2 rings (SSSR count). The maximum Gasteiger partial charge on any atom is 0.164 e. The van der Waals surface area contributed by atoms with Crippen molar-refractivity contribution >= 4 is 17.3 Å². The van der Waals surface area contributed by atoms with Crippen LogP contribution in [0.4, 0.5) is 17.3 Å². The molecule has 6 heteroatoms.